The Balaban J connectivity index is 1.63. The molecular weight excluding hydrogens is 378 g/mol. The number of piperidine rings is 1. The molecule has 1 aliphatic heterocycles. The first-order chi connectivity index (χ1) is 14.7. The van der Waals surface area contributed by atoms with Gasteiger partial charge in [-0.3, -0.25) is 0 Å². The largest absolute Gasteiger partial charge is 0.467 e. The van der Waals surface area contributed by atoms with Crippen molar-refractivity contribution in [2.45, 2.75) is 44.6 Å². The van der Waals surface area contributed by atoms with E-state index in [4.69, 9.17) is 20.9 Å². The van der Waals surface area contributed by atoms with Crippen LogP contribution in [-0.4, -0.2) is 59.7 Å². The van der Waals surface area contributed by atoms with Gasteiger partial charge in [-0.2, -0.15) is 0 Å². The number of hydrogen-bond donors (Lipinski definition) is 1. The lowest BCUT2D eigenvalue weighted by atomic mass is 10.0. The topological polar surface area (TPSA) is 72.4 Å². The lowest BCUT2D eigenvalue weighted by molar-refractivity contribution is 0.0227. The maximum absolute atomic E-state index is 5.86. The SMILES string of the molecule is C#Cc1ccc(-c2nnc(NC3CCCN(C)C3)nc2C2CC2)c(OCOCC)c1. The predicted octanol–water partition coefficient (Wildman–Crippen LogP) is 3.28. The average molecular weight is 408 g/mol. The average Bonchev–Trinajstić information content (AvgIpc) is 3.59. The number of nitrogens with one attached hydrogen (secondary N) is 1. The van der Waals surface area contributed by atoms with Gasteiger partial charge in [0.15, 0.2) is 6.79 Å². The van der Waals surface area contributed by atoms with Gasteiger partial charge in [-0.25, -0.2) is 4.98 Å². The van der Waals surface area contributed by atoms with Crippen LogP contribution in [0.25, 0.3) is 11.3 Å². The molecule has 1 atom stereocenters. The number of rotatable bonds is 8. The number of anilines is 1. The highest BCUT2D eigenvalue weighted by Crippen LogP contribution is 2.44. The summed E-state index contributed by atoms with van der Waals surface area (Å²) in [5, 5.41) is 12.5. The number of terminal acetylenes is 1. The van der Waals surface area contributed by atoms with E-state index in [0.29, 0.717) is 30.3 Å². The molecule has 1 saturated heterocycles. The first kappa shape index (κ1) is 20.6. The maximum Gasteiger partial charge on any atom is 0.243 e. The molecule has 7 heteroatoms. The molecule has 158 valence electrons. The highest BCUT2D eigenvalue weighted by atomic mass is 16.7. The lowest BCUT2D eigenvalue weighted by Crippen LogP contribution is -2.40. The van der Waals surface area contributed by atoms with E-state index in [0.717, 1.165) is 54.9 Å². The Hall–Kier alpha value is -2.69. The highest BCUT2D eigenvalue weighted by Gasteiger charge is 2.31. The van der Waals surface area contributed by atoms with Crippen LogP contribution in [0.4, 0.5) is 5.95 Å². The second-order valence-electron chi connectivity index (χ2n) is 8.00. The van der Waals surface area contributed by atoms with Crippen molar-refractivity contribution in [3.8, 4) is 29.4 Å². The standard InChI is InChI=1S/C23H29N5O2/c1-4-16-8-11-19(20(13-16)30-15-29-5-2)22-21(17-9-10-17)25-23(27-26-22)24-18-7-6-12-28(3)14-18/h1,8,11,13,17-18H,5-7,9-10,12,14-15H2,2-3H3,(H,24,25,27). The van der Waals surface area contributed by atoms with Crippen LogP contribution in [0.2, 0.25) is 0 Å². The van der Waals surface area contributed by atoms with Crippen LogP contribution in [0, 0.1) is 12.3 Å². The molecule has 2 aromatic rings. The molecule has 1 aromatic heterocycles. The van der Waals surface area contributed by atoms with Gasteiger partial charge in [0.1, 0.15) is 11.4 Å². The zero-order chi connectivity index (χ0) is 20.9. The maximum atomic E-state index is 5.86. The van der Waals surface area contributed by atoms with Crippen molar-refractivity contribution in [2.24, 2.45) is 0 Å². The Labute approximate surface area is 178 Å². The number of aromatic nitrogens is 3. The fourth-order valence-corrected chi connectivity index (χ4v) is 3.81. The molecule has 1 saturated carbocycles. The summed E-state index contributed by atoms with van der Waals surface area (Å²) in [5.74, 6) is 4.33. The van der Waals surface area contributed by atoms with E-state index in [1.54, 1.807) is 0 Å². The molecular formula is C23H29N5O2. The van der Waals surface area contributed by atoms with Crippen LogP contribution in [0.15, 0.2) is 18.2 Å². The van der Waals surface area contributed by atoms with Crippen LogP contribution in [0.3, 0.4) is 0 Å². The number of ether oxygens (including phenoxy) is 2. The van der Waals surface area contributed by atoms with E-state index in [1.807, 2.05) is 25.1 Å². The minimum absolute atomic E-state index is 0.159. The Kier molecular flexibility index (Phi) is 6.46. The molecule has 0 spiro atoms. The first-order valence-corrected chi connectivity index (χ1v) is 10.7. The molecule has 0 radical (unpaired) electrons. The zero-order valence-corrected chi connectivity index (χ0v) is 17.7. The van der Waals surface area contributed by atoms with Crippen molar-refractivity contribution in [3.05, 3.63) is 29.5 Å². The van der Waals surface area contributed by atoms with Crippen LogP contribution in [-0.2, 0) is 4.74 Å². The van der Waals surface area contributed by atoms with E-state index in [1.165, 1.54) is 6.42 Å². The van der Waals surface area contributed by atoms with E-state index in [-0.39, 0.29) is 6.79 Å². The van der Waals surface area contributed by atoms with Crippen molar-refractivity contribution < 1.29 is 9.47 Å². The third kappa shape index (κ3) is 4.89. The normalized spacial score (nSPS) is 19.3. The second kappa shape index (κ2) is 9.41. The number of likely N-dealkylation sites (N-methyl/N-ethyl adjacent to an activating group) is 1. The van der Waals surface area contributed by atoms with Gasteiger partial charge in [0.25, 0.3) is 0 Å². The Bertz CT molecular complexity index is 922. The Morgan fingerprint density at radius 2 is 2.13 bits per heavy atom. The van der Waals surface area contributed by atoms with Gasteiger partial charge in [0, 0.05) is 36.2 Å². The van der Waals surface area contributed by atoms with Gasteiger partial charge in [-0.05, 0) is 64.4 Å². The van der Waals surface area contributed by atoms with Crippen LogP contribution in [0.5, 0.6) is 5.75 Å². The molecule has 1 N–H and O–H groups in total. The molecule has 2 fully saturated rings. The molecule has 0 bridgehead atoms. The molecule has 1 aromatic carbocycles. The molecule has 2 aliphatic rings. The van der Waals surface area contributed by atoms with Crippen LogP contribution >= 0.6 is 0 Å². The Morgan fingerprint density at radius 3 is 2.87 bits per heavy atom. The minimum Gasteiger partial charge on any atom is -0.467 e. The minimum atomic E-state index is 0.159. The summed E-state index contributed by atoms with van der Waals surface area (Å²) >= 11 is 0. The predicted molar refractivity (Wildman–Crippen MR) is 116 cm³/mol. The van der Waals surface area contributed by atoms with Crippen molar-refractivity contribution in [1.29, 1.82) is 0 Å². The summed E-state index contributed by atoms with van der Waals surface area (Å²) in [6.07, 6.45) is 10.1. The summed E-state index contributed by atoms with van der Waals surface area (Å²) < 4.78 is 11.2. The van der Waals surface area contributed by atoms with Crippen LogP contribution < -0.4 is 10.1 Å². The summed E-state index contributed by atoms with van der Waals surface area (Å²) in [5.41, 5.74) is 3.34. The van der Waals surface area contributed by atoms with E-state index in [9.17, 15) is 0 Å². The summed E-state index contributed by atoms with van der Waals surface area (Å²) in [4.78, 5) is 7.21. The molecule has 4 rings (SSSR count). The van der Waals surface area contributed by atoms with Crippen molar-refractivity contribution in [1.82, 2.24) is 20.1 Å². The summed E-state index contributed by atoms with van der Waals surface area (Å²) in [6, 6.07) is 6.03. The fraction of sp³-hybridized carbons (Fsp3) is 0.522. The molecule has 1 aliphatic carbocycles. The quantitative estimate of drug-likeness (QED) is 0.409. The fourth-order valence-electron chi connectivity index (χ4n) is 3.81. The number of benzene rings is 1. The lowest BCUT2D eigenvalue weighted by Gasteiger charge is -2.30. The Morgan fingerprint density at radius 1 is 1.27 bits per heavy atom. The molecule has 30 heavy (non-hydrogen) atoms. The monoisotopic (exact) mass is 407 g/mol. The van der Waals surface area contributed by atoms with Crippen molar-refractivity contribution in [2.75, 3.05) is 38.9 Å². The van der Waals surface area contributed by atoms with Gasteiger partial charge in [0.05, 0.1) is 5.69 Å². The zero-order valence-electron chi connectivity index (χ0n) is 17.7. The molecule has 2 heterocycles. The third-order valence-electron chi connectivity index (χ3n) is 5.54. The molecule has 7 nitrogen and oxygen atoms in total. The van der Waals surface area contributed by atoms with Gasteiger partial charge < -0.3 is 19.7 Å². The summed E-state index contributed by atoms with van der Waals surface area (Å²) in [7, 11) is 2.15. The van der Waals surface area contributed by atoms with E-state index < -0.39 is 0 Å². The second-order valence-corrected chi connectivity index (χ2v) is 8.00. The number of likely N-dealkylation sites (tertiary alicyclic amines) is 1. The highest BCUT2D eigenvalue weighted by molar-refractivity contribution is 5.71. The summed E-state index contributed by atoms with van der Waals surface area (Å²) in [6.45, 7) is 4.80. The number of nitrogens with zero attached hydrogens (tertiary/aromatic N) is 4. The van der Waals surface area contributed by atoms with Crippen molar-refractivity contribution >= 4 is 5.95 Å². The number of hydrogen-bond acceptors (Lipinski definition) is 7. The third-order valence-corrected chi connectivity index (χ3v) is 5.54. The van der Waals surface area contributed by atoms with Crippen molar-refractivity contribution in [3.63, 3.8) is 0 Å². The first-order valence-electron chi connectivity index (χ1n) is 10.7. The van der Waals surface area contributed by atoms with Crippen LogP contribution in [0.1, 0.15) is 49.8 Å². The molecule has 0 amide bonds. The molecule has 1 unspecified atom stereocenters. The smallest absolute Gasteiger partial charge is 0.243 e. The van der Waals surface area contributed by atoms with Gasteiger partial charge >= 0.3 is 0 Å². The van der Waals surface area contributed by atoms with Gasteiger partial charge in [-0.1, -0.05) is 5.92 Å². The van der Waals surface area contributed by atoms with E-state index >= 15 is 0 Å². The van der Waals surface area contributed by atoms with Gasteiger partial charge in [-0.15, -0.1) is 16.6 Å². The van der Waals surface area contributed by atoms with E-state index in [2.05, 4.69) is 33.4 Å². The van der Waals surface area contributed by atoms with Gasteiger partial charge in [0.2, 0.25) is 5.95 Å².